The standard InChI is InChI=1S/C20H28N4O/c1-15-5-3-8-19(11-15)23-20(25)22-13-17-6-4-7-18(12-17)14-24-10-9-21-16(24)2/h4,6-7,9-10,12,15,19H,3,5,8,11,13-14H2,1-2H3,(H2,22,23,25). The third-order valence-corrected chi connectivity index (χ3v) is 4.99. The highest BCUT2D eigenvalue weighted by atomic mass is 16.2. The van der Waals surface area contributed by atoms with Crippen molar-refractivity contribution in [3.63, 3.8) is 0 Å². The number of carbonyl (C=O) groups is 1. The third-order valence-electron chi connectivity index (χ3n) is 4.99. The Morgan fingerprint density at radius 1 is 1.32 bits per heavy atom. The molecule has 2 amide bonds. The van der Waals surface area contributed by atoms with E-state index in [1.165, 1.54) is 18.4 Å². The van der Waals surface area contributed by atoms with Crippen LogP contribution < -0.4 is 10.6 Å². The van der Waals surface area contributed by atoms with Crippen LogP contribution in [0.4, 0.5) is 4.79 Å². The van der Waals surface area contributed by atoms with Gasteiger partial charge in [-0.2, -0.15) is 0 Å². The number of aromatic nitrogens is 2. The van der Waals surface area contributed by atoms with E-state index in [4.69, 9.17) is 0 Å². The van der Waals surface area contributed by atoms with Gasteiger partial charge in [-0.05, 0) is 36.8 Å². The molecule has 5 heteroatoms. The minimum Gasteiger partial charge on any atom is -0.335 e. The van der Waals surface area contributed by atoms with E-state index in [0.717, 1.165) is 30.8 Å². The largest absolute Gasteiger partial charge is 0.335 e. The number of hydrogen-bond donors (Lipinski definition) is 2. The van der Waals surface area contributed by atoms with Gasteiger partial charge in [-0.3, -0.25) is 0 Å². The molecule has 0 radical (unpaired) electrons. The first-order valence-corrected chi connectivity index (χ1v) is 9.20. The number of nitrogens with zero attached hydrogens (tertiary/aromatic N) is 2. The zero-order valence-corrected chi connectivity index (χ0v) is 15.2. The number of rotatable bonds is 5. The quantitative estimate of drug-likeness (QED) is 0.873. The summed E-state index contributed by atoms with van der Waals surface area (Å²) in [5.74, 6) is 1.71. The van der Waals surface area contributed by atoms with Gasteiger partial charge in [0, 0.05) is 31.5 Å². The lowest BCUT2D eigenvalue weighted by Crippen LogP contribution is -2.43. The van der Waals surface area contributed by atoms with Crippen LogP contribution in [0.1, 0.15) is 49.6 Å². The van der Waals surface area contributed by atoms with Crippen LogP contribution in [0, 0.1) is 12.8 Å². The Morgan fingerprint density at radius 3 is 2.92 bits per heavy atom. The molecule has 0 aliphatic heterocycles. The highest BCUT2D eigenvalue weighted by molar-refractivity contribution is 5.74. The minimum atomic E-state index is -0.0602. The summed E-state index contributed by atoms with van der Waals surface area (Å²) in [5.41, 5.74) is 2.32. The predicted octanol–water partition coefficient (Wildman–Crippen LogP) is 3.62. The lowest BCUT2D eigenvalue weighted by Gasteiger charge is -2.27. The Bertz CT molecular complexity index is 709. The summed E-state index contributed by atoms with van der Waals surface area (Å²) >= 11 is 0. The van der Waals surface area contributed by atoms with E-state index in [2.05, 4.69) is 39.2 Å². The van der Waals surface area contributed by atoms with E-state index >= 15 is 0 Å². The fraction of sp³-hybridized carbons (Fsp3) is 0.500. The number of carbonyl (C=O) groups excluding carboxylic acids is 1. The number of nitrogens with one attached hydrogen (secondary N) is 2. The normalized spacial score (nSPS) is 20.2. The summed E-state index contributed by atoms with van der Waals surface area (Å²) in [4.78, 5) is 16.4. The van der Waals surface area contributed by atoms with Crippen molar-refractivity contribution in [1.29, 1.82) is 0 Å². The van der Waals surface area contributed by atoms with Crippen molar-refractivity contribution >= 4 is 6.03 Å². The average Bonchev–Trinajstić information content (AvgIpc) is 2.98. The SMILES string of the molecule is Cc1nccn1Cc1cccc(CNC(=O)NC2CCCC(C)C2)c1. The van der Waals surface area contributed by atoms with Crippen LogP contribution in [0.25, 0.3) is 0 Å². The molecule has 0 saturated heterocycles. The summed E-state index contributed by atoms with van der Waals surface area (Å²) < 4.78 is 2.11. The number of urea groups is 1. The lowest BCUT2D eigenvalue weighted by atomic mass is 9.87. The van der Waals surface area contributed by atoms with E-state index in [0.29, 0.717) is 18.5 Å². The molecule has 1 heterocycles. The molecule has 2 unspecified atom stereocenters. The zero-order valence-electron chi connectivity index (χ0n) is 15.2. The van der Waals surface area contributed by atoms with Gasteiger partial charge in [0.1, 0.15) is 5.82 Å². The van der Waals surface area contributed by atoms with Gasteiger partial charge < -0.3 is 15.2 Å². The van der Waals surface area contributed by atoms with Gasteiger partial charge in [0.2, 0.25) is 0 Å². The van der Waals surface area contributed by atoms with Crippen molar-refractivity contribution in [2.75, 3.05) is 0 Å². The first-order chi connectivity index (χ1) is 12.1. The van der Waals surface area contributed by atoms with Crippen molar-refractivity contribution in [3.05, 3.63) is 53.6 Å². The molecule has 1 saturated carbocycles. The maximum absolute atomic E-state index is 12.1. The van der Waals surface area contributed by atoms with Gasteiger partial charge in [-0.15, -0.1) is 0 Å². The second kappa shape index (κ2) is 8.19. The molecule has 1 aromatic carbocycles. The Morgan fingerprint density at radius 2 is 2.16 bits per heavy atom. The van der Waals surface area contributed by atoms with Crippen molar-refractivity contribution in [3.8, 4) is 0 Å². The molecule has 1 aliphatic rings. The fourth-order valence-corrected chi connectivity index (χ4v) is 3.59. The third kappa shape index (κ3) is 5.08. The molecule has 0 bridgehead atoms. The Kier molecular flexibility index (Phi) is 5.74. The van der Waals surface area contributed by atoms with Crippen LogP contribution in [0.15, 0.2) is 36.7 Å². The van der Waals surface area contributed by atoms with E-state index in [-0.39, 0.29) is 6.03 Å². The zero-order chi connectivity index (χ0) is 17.6. The highest BCUT2D eigenvalue weighted by Gasteiger charge is 2.20. The van der Waals surface area contributed by atoms with E-state index in [1.54, 1.807) is 0 Å². The topological polar surface area (TPSA) is 59.0 Å². The van der Waals surface area contributed by atoms with E-state index in [1.807, 2.05) is 31.5 Å². The van der Waals surface area contributed by atoms with Crippen LogP contribution in [0.3, 0.4) is 0 Å². The van der Waals surface area contributed by atoms with Crippen LogP contribution in [-0.4, -0.2) is 21.6 Å². The summed E-state index contributed by atoms with van der Waals surface area (Å²) in [5, 5.41) is 6.10. The number of benzene rings is 1. The van der Waals surface area contributed by atoms with E-state index < -0.39 is 0 Å². The Hall–Kier alpha value is -2.30. The molecular formula is C20H28N4O. The maximum atomic E-state index is 12.1. The number of imidazole rings is 1. The van der Waals surface area contributed by atoms with Crippen molar-refractivity contribution in [2.45, 2.75) is 58.7 Å². The molecule has 1 aliphatic carbocycles. The maximum Gasteiger partial charge on any atom is 0.315 e. The highest BCUT2D eigenvalue weighted by Crippen LogP contribution is 2.23. The van der Waals surface area contributed by atoms with E-state index in [9.17, 15) is 4.79 Å². The Balaban J connectivity index is 1.50. The van der Waals surface area contributed by atoms with Crippen LogP contribution in [-0.2, 0) is 13.1 Å². The molecule has 0 spiro atoms. The first kappa shape index (κ1) is 17.5. The summed E-state index contributed by atoms with van der Waals surface area (Å²) in [6.45, 7) is 5.61. The molecule has 3 rings (SSSR count). The molecule has 1 fully saturated rings. The van der Waals surface area contributed by atoms with Crippen molar-refractivity contribution < 1.29 is 4.79 Å². The van der Waals surface area contributed by atoms with Crippen molar-refractivity contribution in [2.24, 2.45) is 5.92 Å². The average molecular weight is 340 g/mol. The minimum absolute atomic E-state index is 0.0602. The number of hydrogen-bond acceptors (Lipinski definition) is 2. The Labute approximate surface area is 149 Å². The van der Waals surface area contributed by atoms with Gasteiger partial charge in [-0.25, -0.2) is 9.78 Å². The predicted molar refractivity (Wildman–Crippen MR) is 99.3 cm³/mol. The number of amides is 2. The molecule has 5 nitrogen and oxygen atoms in total. The summed E-state index contributed by atoms with van der Waals surface area (Å²) in [6.07, 6.45) is 8.48. The van der Waals surface area contributed by atoms with Gasteiger partial charge in [0.25, 0.3) is 0 Å². The second-order valence-electron chi connectivity index (χ2n) is 7.22. The number of aryl methyl sites for hydroxylation is 1. The van der Waals surface area contributed by atoms with Gasteiger partial charge >= 0.3 is 6.03 Å². The molecule has 1 aromatic heterocycles. The molecule has 134 valence electrons. The molecule has 2 N–H and O–H groups in total. The second-order valence-corrected chi connectivity index (χ2v) is 7.22. The monoisotopic (exact) mass is 340 g/mol. The fourth-order valence-electron chi connectivity index (χ4n) is 3.59. The van der Waals surface area contributed by atoms with Crippen LogP contribution >= 0.6 is 0 Å². The molecule has 2 atom stereocenters. The van der Waals surface area contributed by atoms with Crippen LogP contribution in [0.2, 0.25) is 0 Å². The molecule has 2 aromatic rings. The van der Waals surface area contributed by atoms with Gasteiger partial charge in [-0.1, -0.05) is 44.0 Å². The summed E-state index contributed by atoms with van der Waals surface area (Å²) in [7, 11) is 0. The van der Waals surface area contributed by atoms with Crippen LogP contribution in [0.5, 0.6) is 0 Å². The van der Waals surface area contributed by atoms with Gasteiger partial charge in [0.05, 0.1) is 0 Å². The van der Waals surface area contributed by atoms with Gasteiger partial charge in [0.15, 0.2) is 0 Å². The lowest BCUT2D eigenvalue weighted by molar-refractivity contribution is 0.227. The molecule has 25 heavy (non-hydrogen) atoms. The molecular weight excluding hydrogens is 312 g/mol. The van der Waals surface area contributed by atoms with Crippen molar-refractivity contribution in [1.82, 2.24) is 20.2 Å². The summed E-state index contributed by atoms with van der Waals surface area (Å²) in [6, 6.07) is 8.59. The smallest absolute Gasteiger partial charge is 0.315 e. The first-order valence-electron chi connectivity index (χ1n) is 9.20.